The van der Waals surface area contributed by atoms with Crippen LogP contribution in [-0.2, 0) is 18.6 Å². The third kappa shape index (κ3) is 2.43. The van der Waals surface area contributed by atoms with Crippen molar-refractivity contribution < 1.29 is 10.2 Å². The molecule has 0 unspecified atom stereocenters. The number of hydrogen-bond donors (Lipinski definition) is 2. The van der Waals surface area contributed by atoms with Gasteiger partial charge in [-0.15, -0.1) is 0 Å². The summed E-state index contributed by atoms with van der Waals surface area (Å²) < 4.78 is 0. The molecule has 1 aliphatic carbocycles. The first-order chi connectivity index (χ1) is 14.3. The lowest BCUT2D eigenvalue weighted by Crippen LogP contribution is -2.31. The standard InChI is InChI=1S/C27H22O2/c28-17-19-9-1-5-13-23(19)27(24-14-6-2-10-20(24)18-29)25-15-7-3-11-21(25)22-12-4-8-16-26(22)27/h1-16,28-29H,17-18H2. The molecule has 0 aliphatic heterocycles. The van der Waals surface area contributed by atoms with Gasteiger partial charge in [0.15, 0.2) is 0 Å². The van der Waals surface area contributed by atoms with Crippen molar-refractivity contribution in [3.63, 3.8) is 0 Å². The van der Waals surface area contributed by atoms with Crippen molar-refractivity contribution in [3.8, 4) is 11.1 Å². The first-order valence-electron chi connectivity index (χ1n) is 9.90. The Morgan fingerprint density at radius 2 is 0.793 bits per heavy atom. The van der Waals surface area contributed by atoms with Crippen LogP contribution in [0.2, 0.25) is 0 Å². The Bertz CT molecular complexity index is 1100. The molecule has 0 radical (unpaired) electrons. The molecule has 0 amide bonds. The summed E-state index contributed by atoms with van der Waals surface area (Å²) in [6.07, 6.45) is 0. The highest BCUT2D eigenvalue weighted by molar-refractivity contribution is 5.86. The summed E-state index contributed by atoms with van der Waals surface area (Å²) in [5.41, 5.74) is 8.07. The normalized spacial score (nSPS) is 13.7. The highest BCUT2D eigenvalue weighted by Gasteiger charge is 2.47. The van der Waals surface area contributed by atoms with E-state index in [2.05, 4.69) is 60.7 Å². The molecular formula is C27H22O2. The monoisotopic (exact) mass is 378 g/mol. The van der Waals surface area contributed by atoms with Gasteiger partial charge in [0.1, 0.15) is 0 Å². The van der Waals surface area contributed by atoms with Crippen molar-refractivity contribution in [2.45, 2.75) is 18.6 Å². The second kappa shape index (κ2) is 7.00. The topological polar surface area (TPSA) is 40.5 Å². The molecule has 0 saturated heterocycles. The van der Waals surface area contributed by atoms with Crippen LogP contribution in [0.5, 0.6) is 0 Å². The van der Waals surface area contributed by atoms with E-state index in [1.165, 1.54) is 22.3 Å². The van der Waals surface area contributed by atoms with Crippen LogP contribution >= 0.6 is 0 Å². The summed E-state index contributed by atoms with van der Waals surface area (Å²) in [6.45, 7) is -0.0763. The minimum Gasteiger partial charge on any atom is -0.392 e. The van der Waals surface area contributed by atoms with Gasteiger partial charge in [-0.05, 0) is 44.5 Å². The van der Waals surface area contributed by atoms with E-state index in [-0.39, 0.29) is 13.2 Å². The third-order valence-corrected chi connectivity index (χ3v) is 6.14. The maximum Gasteiger partial charge on any atom is 0.0720 e. The zero-order valence-corrected chi connectivity index (χ0v) is 16.0. The van der Waals surface area contributed by atoms with Gasteiger partial charge in [0.25, 0.3) is 0 Å². The average molecular weight is 378 g/mol. The van der Waals surface area contributed by atoms with Crippen molar-refractivity contribution in [1.29, 1.82) is 0 Å². The summed E-state index contributed by atoms with van der Waals surface area (Å²) in [6, 6.07) is 33.2. The highest BCUT2D eigenvalue weighted by Crippen LogP contribution is 2.57. The van der Waals surface area contributed by atoms with E-state index in [1.54, 1.807) is 0 Å². The molecule has 2 heteroatoms. The number of benzene rings is 4. The molecule has 4 aromatic rings. The predicted octanol–water partition coefficient (Wildman–Crippen LogP) is 5.03. The molecule has 0 heterocycles. The fourth-order valence-corrected chi connectivity index (χ4v) is 5.01. The first kappa shape index (κ1) is 17.9. The maximum absolute atomic E-state index is 10.2. The minimum absolute atomic E-state index is 0.0381. The molecule has 142 valence electrons. The van der Waals surface area contributed by atoms with Gasteiger partial charge in [0, 0.05) is 0 Å². The van der Waals surface area contributed by atoms with Crippen molar-refractivity contribution in [3.05, 3.63) is 130 Å². The van der Waals surface area contributed by atoms with Crippen LogP contribution in [0.3, 0.4) is 0 Å². The number of aliphatic hydroxyl groups excluding tert-OH is 2. The molecule has 0 fully saturated rings. The van der Waals surface area contributed by atoms with Gasteiger partial charge in [0.05, 0.1) is 18.6 Å². The molecule has 1 aliphatic rings. The summed E-state index contributed by atoms with van der Waals surface area (Å²) in [5, 5.41) is 20.4. The molecule has 5 rings (SSSR count). The fourth-order valence-electron chi connectivity index (χ4n) is 5.01. The number of fused-ring (bicyclic) bond motifs is 3. The van der Waals surface area contributed by atoms with Gasteiger partial charge in [-0.1, -0.05) is 97.1 Å². The lowest BCUT2D eigenvalue weighted by atomic mass is 9.65. The SMILES string of the molecule is OCc1ccccc1C1(c2ccccc2CO)c2ccccc2-c2ccccc21. The zero-order chi connectivity index (χ0) is 19.8. The Balaban J connectivity index is 2.01. The quantitative estimate of drug-likeness (QED) is 0.460. The van der Waals surface area contributed by atoms with Gasteiger partial charge >= 0.3 is 0 Å². The van der Waals surface area contributed by atoms with E-state index >= 15 is 0 Å². The van der Waals surface area contributed by atoms with Crippen molar-refractivity contribution in [2.75, 3.05) is 0 Å². The van der Waals surface area contributed by atoms with Crippen molar-refractivity contribution in [1.82, 2.24) is 0 Å². The van der Waals surface area contributed by atoms with E-state index < -0.39 is 5.41 Å². The molecule has 0 saturated carbocycles. The second-order valence-electron chi connectivity index (χ2n) is 7.47. The van der Waals surface area contributed by atoms with Crippen molar-refractivity contribution in [2.24, 2.45) is 0 Å². The maximum atomic E-state index is 10.2. The van der Waals surface area contributed by atoms with Gasteiger partial charge < -0.3 is 10.2 Å². The number of rotatable bonds is 4. The lowest BCUT2D eigenvalue weighted by molar-refractivity contribution is 0.277. The smallest absolute Gasteiger partial charge is 0.0720 e. The average Bonchev–Trinajstić information content (AvgIpc) is 3.10. The van der Waals surface area contributed by atoms with Gasteiger partial charge in [-0.3, -0.25) is 0 Å². The largest absolute Gasteiger partial charge is 0.392 e. The van der Waals surface area contributed by atoms with Crippen LogP contribution in [0.15, 0.2) is 97.1 Å². The van der Waals surface area contributed by atoms with Gasteiger partial charge in [0.2, 0.25) is 0 Å². The molecular weight excluding hydrogens is 356 g/mol. The molecule has 0 atom stereocenters. The number of hydrogen-bond acceptors (Lipinski definition) is 2. The Hall–Kier alpha value is -3.20. The van der Waals surface area contributed by atoms with Crippen molar-refractivity contribution >= 4 is 0 Å². The molecule has 2 nitrogen and oxygen atoms in total. The Kier molecular flexibility index (Phi) is 4.31. The van der Waals surface area contributed by atoms with E-state index in [0.29, 0.717) is 0 Å². The molecule has 4 aromatic carbocycles. The fraction of sp³-hybridized carbons (Fsp3) is 0.111. The second-order valence-corrected chi connectivity index (χ2v) is 7.47. The van der Waals surface area contributed by atoms with E-state index in [1.807, 2.05) is 36.4 Å². The summed E-state index contributed by atoms with van der Waals surface area (Å²) in [7, 11) is 0. The Labute approximate surface area is 170 Å². The summed E-state index contributed by atoms with van der Waals surface area (Å²) >= 11 is 0. The van der Waals surface area contributed by atoms with Crippen LogP contribution in [0, 0.1) is 0 Å². The zero-order valence-electron chi connectivity index (χ0n) is 16.0. The summed E-state index contributed by atoms with van der Waals surface area (Å²) in [4.78, 5) is 0. The minimum atomic E-state index is -0.591. The third-order valence-electron chi connectivity index (χ3n) is 6.14. The van der Waals surface area contributed by atoms with E-state index in [9.17, 15) is 10.2 Å². The van der Waals surface area contributed by atoms with Crippen LogP contribution in [0.1, 0.15) is 33.4 Å². The molecule has 0 bridgehead atoms. The van der Waals surface area contributed by atoms with Crippen LogP contribution in [0.4, 0.5) is 0 Å². The first-order valence-corrected chi connectivity index (χ1v) is 9.90. The molecule has 0 aromatic heterocycles. The molecule has 2 N–H and O–H groups in total. The van der Waals surface area contributed by atoms with Crippen LogP contribution < -0.4 is 0 Å². The van der Waals surface area contributed by atoms with Gasteiger partial charge in [-0.25, -0.2) is 0 Å². The highest BCUT2D eigenvalue weighted by atomic mass is 16.3. The lowest BCUT2D eigenvalue weighted by Gasteiger charge is -2.36. The Morgan fingerprint density at radius 1 is 0.448 bits per heavy atom. The van der Waals surface area contributed by atoms with Crippen LogP contribution in [0.25, 0.3) is 11.1 Å². The van der Waals surface area contributed by atoms with Crippen LogP contribution in [-0.4, -0.2) is 10.2 Å². The predicted molar refractivity (Wildman–Crippen MR) is 116 cm³/mol. The summed E-state index contributed by atoms with van der Waals surface area (Å²) in [5.74, 6) is 0. The van der Waals surface area contributed by atoms with E-state index in [4.69, 9.17) is 0 Å². The van der Waals surface area contributed by atoms with Gasteiger partial charge in [-0.2, -0.15) is 0 Å². The van der Waals surface area contributed by atoms with E-state index in [0.717, 1.165) is 22.3 Å². The number of aliphatic hydroxyl groups is 2. The molecule has 29 heavy (non-hydrogen) atoms. The Morgan fingerprint density at radius 3 is 1.21 bits per heavy atom. The molecule has 0 spiro atoms.